The van der Waals surface area contributed by atoms with E-state index < -0.39 is 6.09 Å². The number of carbonyl (C=O) groups excluding carboxylic acids is 1. The van der Waals surface area contributed by atoms with Crippen LogP contribution in [0, 0.1) is 0 Å². The number of fused-ring (bicyclic) bond motifs is 6. The minimum Gasteiger partial charge on any atom is -0.454 e. The van der Waals surface area contributed by atoms with E-state index in [4.69, 9.17) is 14.2 Å². The number of hydrogen-bond donors (Lipinski definition) is 2. The minimum atomic E-state index is -0.511. The molecular weight excluding hydrogens is 442 g/mol. The highest BCUT2D eigenvalue weighted by Gasteiger charge is 2.21. The molecule has 1 aliphatic heterocycles. The van der Waals surface area contributed by atoms with Gasteiger partial charge in [0.15, 0.2) is 11.5 Å². The monoisotopic (exact) mass is 465 g/mol. The van der Waals surface area contributed by atoms with Crippen molar-refractivity contribution in [3.05, 3.63) is 51.9 Å². The normalized spacial score (nSPS) is 12.6. The smallest absolute Gasteiger partial charge is 0.409 e. The van der Waals surface area contributed by atoms with Crippen LogP contribution in [0.15, 0.2) is 35.3 Å². The predicted molar refractivity (Wildman–Crippen MR) is 124 cm³/mol. The van der Waals surface area contributed by atoms with Gasteiger partial charge in [-0.15, -0.1) is 0 Å². The van der Waals surface area contributed by atoms with Crippen LogP contribution in [-0.4, -0.2) is 58.3 Å². The molecule has 176 valence electrons. The van der Waals surface area contributed by atoms with Gasteiger partial charge in [0.05, 0.1) is 31.4 Å². The van der Waals surface area contributed by atoms with Gasteiger partial charge in [-0.2, -0.15) is 0 Å². The molecule has 4 aromatic rings. The first-order chi connectivity index (χ1) is 16.5. The summed E-state index contributed by atoms with van der Waals surface area (Å²) in [4.78, 5) is 31.6. The number of aromatic nitrogens is 2. The van der Waals surface area contributed by atoms with Gasteiger partial charge in [-0.05, 0) is 34.7 Å². The van der Waals surface area contributed by atoms with E-state index in [9.17, 15) is 19.8 Å². The largest absolute Gasteiger partial charge is 0.454 e. The Kier molecular flexibility index (Phi) is 5.46. The third-order valence-electron chi connectivity index (χ3n) is 6.20. The van der Waals surface area contributed by atoms with E-state index in [2.05, 4.69) is 4.98 Å². The second kappa shape index (κ2) is 8.47. The molecular formula is C24H23N3O7. The molecule has 1 aliphatic rings. The van der Waals surface area contributed by atoms with Crippen LogP contribution in [-0.2, 0) is 24.5 Å². The number of likely N-dealkylation sites (N-methyl/N-ethyl adjacent to an activating group) is 1. The van der Waals surface area contributed by atoms with Crippen molar-refractivity contribution in [2.45, 2.75) is 19.8 Å². The lowest BCUT2D eigenvalue weighted by Gasteiger charge is -2.20. The first-order valence-electron chi connectivity index (χ1n) is 10.7. The van der Waals surface area contributed by atoms with E-state index in [0.717, 1.165) is 0 Å². The Labute approximate surface area is 193 Å². The Morgan fingerprint density at radius 1 is 1.06 bits per heavy atom. The number of carbonyl (C=O) groups is 1. The van der Waals surface area contributed by atoms with Gasteiger partial charge in [-0.3, -0.25) is 9.78 Å². The minimum absolute atomic E-state index is 0.104. The SMILES string of the molecule is COC(=O)N(C)CCn1c(=O)c2cc(CO)c(CO)cc2c2cnc3cc4c(cc3c21)OCO4. The van der Waals surface area contributed by atoms with Gasteiger partial charge < -0.3 is 33.9 Å². The van der Waals surface area contributed by atoms with Crippen LogP contribution in [0.25, 0.3) is 32.6 Å². The number of methoxy groups -OCH3 is 1. The van der Waals surface area contributed by atoms with Crippen molar-refractivity contribution in [3.63, 3.8) is 0 Å². The number of pyridine rings is 2. The fourth-order valence-electron chi connectivity index (χ4n) is 4.40. The maximum Gasteiger partial charge on any atom is 0.409 e. The Bertz CT molecular complexity index is 1510. The lowest BCUT2D eigenvalue weighted by Crippen LogP contribution is -2.33. The summed E-state index contributed by atoms with van der Waals surface area (Å²) in [6, 6.07) is 6.89. The second-order valence-corrected chi connectivity index (χ2v) is 8.07. The summed E-state index contributed by atoms with van der Waals surface area (Å²) >= 11 is 0. The van der Waals surface area contributed by atoms with E-state index in [1.807, 2.05) is 0 Å². The Balaban J connectivity index is 1.85. The molecule has 5 rings (SSSR count). The van der Waals surface area contributed by atoms with Crippen molar-refractivity contribution in [1.29, 1.82) is 0 Å². The number of hydrogen-bond acceptors (Lipinski definition) is 8. The molecule has 0 saturated carbocycles. The van der Waals surface area contributed by atoms with Crippen LogP contribution in [0.3, 0.4) is 0 Å². The topological polar surface area (TPSA) is 123 Å². The summed E-state index contributed by atoms with van der Waals surface area (Å²) in [5.41, 5.74) is 1.97. The number of benzene rings is 2. The molecule has 10 nitrogen and oxygen atoms in total. The second-order valence-electron chi connectivity index (χ2n) is 8.07. The van der Waals surface area contributed by atoms with Gasteiger partial charge in [0.2, 0.25) is 6.79 Å². The number of aliphatic hydroxyl groups excluding tert-OH is 2. The number of amides is 1. The Morgan fingerprint density at radius 3 is 2.41 bits per heavy atom. The van der Waals surface area contributed by atoms with Crippen molar-refractivity contribution in [3.8, 4) is 11.5 Å². The standard InChI is InChI=1S/C24H23N3O7/c1-26(24(31)32-2)3-4-27-22-17-7-20-21(34-12-33-20)8-19(17)25-9-18(22)15-5-13(10-28)14(11-29)6-16(15)23(27)30/h5-9,28-29H,3-4,10-12H2,1-2H3. The zero-order valence-corrected chi connectivity index (χ0v) is 18.7. The zero-order chi connectivity index (χ0) is 24.0. The van der Waals surface area contributed by atoms with Crippen LogP contribution in [0.2, 0.25) is 0 Å². The molecule has 0 radical (unpaired) electrons. The van der Waals surface area contributed by atoms with E-state index in [1.165, 1.54) is 12.0 Å². The van der Waals surface area contributed by atoms with E-state index >= 15 is 0 Å². The first kappa shape index (κ1) is 21.9. The van der Waals surface area contributed by atoms with Crippen molar-refractivity contribution in [1.82, 2.24) is 14.5 Å². The summed E-state index contributed by atoms with van der Waals surface area (Å²) in [7, 11) is 2.89. The Hall–Kier alpha value is -3.89. The third kappa shape index (κ3) is 3.39. The third-order valence-corrected chi connectivity index (χ3v) is 6.20. The van der Waals surface area contributed by atoms with E-state index in [-0.39, 0.29) is 38.7 Å². The van der Waals surface area contributed by atoms with E-state index in [1.54, 1.807) is 42.1 Å². The van der Waals surface area contributed by atoms with Crippen LogP contribution < -0.4 is 15.0 Å². The van der Waals surface area contributed by atoms with Gasteiger partial charge in [0.1, 0.15) is 0 Å². The number of rotatable bonds is 5. The molecule has 0 fully saturated rings. The zero-order valence-electron chi connectivity index (χ0n) is 18.7. The van der Waals surface area contributed by atoms with Crippen LogP contribution in [0.1, 0.15) is 11.1 Å². The molecule has 0 aliphatic carbocycles. The predicted octanol–water partition coefficient (Wildman–Crippen LogP) is 2.11. The first-order valence-corrected chi connectivity index (χ1v) is 10.7. The lowest BCUT2D eigenvalue weighted by atomic mass is 9.98. The fourth-order valence-corrected chi connectivity index (χ4v) is 4.40. The molecule has 0 saturated heterocycles. The van der Waals surface area contributed by atoms with Crippen molar-refractivity contribution in [2.75, 3.05) is 27.5 Å². The van der Waals surface area contributed by atoms with Gasteiger partial charge in [0, 0.05) is 48.6 Å². The highest BCUT2D eigenvalue weighted by molar-refractivity contribution is 6.14. The maximum absolute atomic E-state index is 13.7. The molecule has 3 heterocycles. The van der Waals surface area contributed by atoms with Gasteiger partial charge in [-0.1, -0.05) is 0 Å². The summed E-state index contributed by atoms with van der Waals surface area (Å²) in [6.45, 7) is -0.0648. The lowest BCUT2D eigenvalue weighted by molar-refractivity contribution is 0.132. The summed E-state index contributed by atoms with van der Waals surface area (Å²) < 4.78 is 17.4. The molecule has 34 heavy (non-hydrogen) atoms. The summed E-state index contributed by atoms with van der Waals surface area (Å²) in [5, 5.41) is 22.0. The van der Waals surface area contributed by atoms with Crippen LogP contribution in [0.4, 0.5) is 4.79 Å². The molecule has 0 bridgehead atoms. The molecule has 2 aromatic heterocycles. The van der Waals surface area contributed by atoms with Gasteiger partial charge in [-0.25, -0.2) is 4.79 Å². The highest BCUT2D eigenvalue weighted by Crippen LogP contribution is 2.38. The highest BCUT2D eigenvalue weighted by atomic mass is 16.7. The van der Waals surface area contributed by atoms with Crippen LogP contribution >= 0.6 is 0 Å². The van der Waals surface area contributed by atoms with Crippen molar-refractivity contribution < 1.29 is 29.2 Å². The van der Waals surface area contributed by atoms with Gasteiger partial charge in [0.25, 0.3) is 5.56 Å². The molecule has 0 spiro atoms. The average molecular weight is 465 g/mol. The molecule has 10 heteroatoms. The molecule has 0 atom stereocenters. The number of ether oxygens (including phenoxy) is 3. The van der Waals surface area contributed by atoms with E-state index in [0.29, 0.717) is 55.2 Å². The summed E-state index contributed by atoms with van der Waals surface area (Å²) in [5.74, 6) is 1.13. The summed E-state index contributed by atoms with van der Waals surface area (Å²) in [6.07, 6.45) is 1.17. The van der Waals surface area contributed by atoms with Crippen molar-refractivity contribution in [2.24, 2.45) is 0 Å². The quantitative estimate of drug-likeness (QED) is 0.430. The van der Waals surface area contributed by atoms with Gasteiger partial charge >= 0.3 is 6.09 Å². The number of nitrogens with zero attached hydrogens (tertiary/aromatic N) is 3. The van der Waals surface area contributed by atoms with Crippen molar-refractivity contribution >= 4 is 38.7 Å². The van der Waals surface area contributed by atoms with Crippen LogP contribution in [0.5, 0.6) is 11.5 Å². The Morgan fingerprint density at radius 2 is 1.74 bits per heavy atom. The fraction of sp³-hybridized carbons (Fsp3) is 0.292. The maximum atomic E-state index is 13.7. The molecule has 2 aromatic carbocycles. The molecule has 1 amide bonds. The average Bonchev–Trinajstić information content (AvgIpc) is 3.32. The number of aliphatic hydroxyl groups is 2. The molecule has 0 unspecified atom stereocenters. The molecule has 2 N–H and O–H groups in total.